The van der Waals surface area contributed by atoms with Gasteiger partial charge in [0.25, 0.3) is 0 Å². The number of ether oxygens (including phenoxy) is 1. The van der Waals surface area contributed by atoms with Crippen molar-refractivity contribution >= 4 is 12.3 Å². The highest BCUT2D eigenvalue weighted by Gasteiger charge is 2.25. The van der Waals surface area contributed by atoms with Crippen LogP contribution >= 0.6 is 0 Å². The Bertz CT molecular complexity index is 451. The van der Waals surface area contributed by atoms with Crippen molar-refractivity contribution in [3.63, 3.8) is 0 Å². The molecule has 0 saturated carbocycles. The number of nitrogens with zero attached hydrogens (tertiary/aromatic N) is 1. The molecule has 0 aliphatic heterocycles. The van der Waals surface area contributed by atoms with E-state index < -0.39 is 36.1 Å². The molecule has 0 radical (unpaired) electrons. The maximum Gasteiger partial charge on any atom is 0.308 e. The van der Waals surface area contributed by atoms with E-state index in [-0.39, 0.29) is 11.8 Å². The molecule has 7 heteroatoms. The Morgan fingerprint density at radius 1 is 1.61 bits per heavy atom. The Balaban J connectivity index is 2.96. The van der Waals surface area contributed by atoms with E-state index >= 15 is 0 Å². The van der Waals surface area contributed by atoms with Crippen molar-refractivity contribution < 1.29 is 28.9 Å². The number of hydrogen-bond donors (Lipinski definition) is 2. The third-order valence-corrected chi connectivity index (χ3v) is 2.38. The van der Waals surface area contributed by atoms with Crippen LogP contribution in [0.3, 0.4) is 0 Å². The van der Waals surface area contributed by atoms with Crippen LogP contribution in [0, 0.1) is 5.95 Å². The molecular weight excluding hydrogens is 245 g/mol. The quantitative estimate of drug-likeness (QED) is 0.437. The van der Waals surface area contributed by atoms with E-state index in [9.17, 15) is 24.2 Å². The monoisotopic (exact) mass is 257 g/mol. The molecule has 1 heterocycles. The van der Waals surface area contributed by atoms with E-state index in [1.165, 1.54) is 6.07 Å². The number of rotatable bonds is 5. The third-order valence-electron chi connectivity index (χ3n) is 2.38. The zero-order valence-electron chi connectivity index (χ0n) is 9.54. The van der Waals surface area contributed by atoms with Crippen molar-refractivity contribution in [3.05, 3.63) is 29.3 Å². The van der Waals surface area contributed by atoms with Gasteiger partial charge in [0.1, 0.15) is 6.10 Å². The van der Waals surface area contributed by atoms with Crippen LogP contribution in [0.4, 0.5) is 4.39 Å². The Morgan fingerprint density at radius 3 is 2.83 bits per heavy atom. The number of aromatic nitrogens is 1. The van der Waals surface area contributed by atoms with E-state index in [0.717, 1.165) is 13.3 Å². The highest BCUT2D eigenvalue weighted by molar-refractivity contribution is 5.77. The van der Waals surface area contributed by atoms with Gasteiger partial charge in [-0.1, -0.05) is 0 Å². The Hall–Kier alpha value is -1.86. The van der Waals surface area contributed by atoms with Crippen molar-refractivity contribution in [2.45, 2.75) is 18.6 Å². The largest absolute Gasteiger partial charge is 0.469 e. The number of pyridine rings is 1. The number of aliphatic hydroxyl groups excluding tert-OH is 2. The van der Waals surface area contributed by atoms with Crippen molar-refractivity contribution in [2.24, 2.45) is 0 Å². The van der Waals surface area contributed by atoms with Gasteiger partial charge in [-0.25, -0.2) is 4.98 Å². The van der Waals surface area contributed by atoms with Gasteiger partial charge in [0.05, 0.1) is 25.2 Å². The highest BCUT2D eigenvalue weighted by Crippen LogP contribution is 2.22. The summed E-state index contributed by atoms with van der Waals surface area (Å²) in [6.45, 7) is 0. The minimum absolute atomic E-state index is 0.131. The Kier molecular flexibility index (Phi) is 4.87. The normalized spacial score (nSPS) is 13.8. The first-order valence-corrected chi connectivity index (χ1v) is 5.03. The predicted molar refractivity (Wildman–Crippen MR) is 57.2 cm³/mol. The van der Waals surface area contributed by atoms with Gasteiger partial charge < -0.3 is 14.9 Å². The standard InChI is InChI=1S/C11H12FNO5/c1-18-9(16)4-8(15)10(17)6-2-3-13-11(12)7(6)5-14/h2-3,5,8,10,15,17H,4H2,1H3. The molecule has 0 aliphatic rings. The van der Waals surface area contributed by atoms with Gasteiger partial charge in [0.2, 0.25) is 5.95 Å². The summed E-state index contributed by atoms with van der Waals surface area (Å²) < 4.78 is 17.5. The molecule has 1 aromatic heterocycles. The maximum atomic E-state index is 13.2. The van der Waals surface area contributed by atoms with Crippen molar-refractivity contribution in [1.82, 2.24) is 4.98 Å². The van der Waals surface area contributed by atoms with Crippen LogP contribution in [0.25, 0.3) is 0 Å². The summed E-state index contributed by atoms with van der Waals surface area (Å²) in [7, 11) is 1.13. The van der Waals surface area contributed by atoms with Crippen molar-refractivity contribution in [1.29, 1.82) is 0 Å². The van der Waals surface area contributed by atoms with Gasteiger partial charge in [0.15, 0.2) is 6.29 Å². The Morgan fingerprint density at radius 2 is 2.28 bits per heavy atom. The van der Waals surface area contributed by atoms with E-state index in [0.29, 0.717) is 0 Å². The average Bonchev–Trinajstić information content (AvgIpc) is 2.37. The molecule has 0 aliphatic carbocycles. The lowest BCUT2D eigenvalue weighted by Crippen LogP contribution is -2.24. The molecule has 0 bridgehead atoms. The number of esters is 1. The molecule has 2 N–H and O–H groups in total. The van der Waals surface area contributed by atoms with Crippen LogP contribution < -0.4 is 0 Å². The van der Waals surface area contributed by atoms with Crippen LogP contribution in [-0.2, 0) is 9.53 Å². The van der Waals surface area contributed by atoms with Crippen LogP contribution in [0.1, 0.15) is 28.4 Å². The van der Waals surface area contributed by atoms with Gasteiger partial charge >= 0.3 is 5.97 Å². The number of hydrogen-bond acceptors (Lipinski definition) is 6. The fourth-order valence-corrected chi connectivity index (χ4v) is 1.41. The third kappa shape index (κ3) is 3.08. The van der Waals surface area contributed by atoms with Crippen LogP contribution in [0.15, 0.2) is 12.3 Å². The van der Waals surface area contributed by atoms with Gasteiger partial charge in [-0.2, -0.15) is 4.39 Å². The van der Waals surface area contributed by atoms with Crippen LogP contribution in [0.2, 0.25) is 0 Å². The van der Waals surface area contributed by atoms with E-state index in [4.69, 9.17) is 0 Å². The van der Waals surface area contributed by atoms with Gasteiger partial charge in [-0.15, -0.1) is 0 Å². The van der Waals surface area contributed by atoms with Gasteiger partial charge in [0, 0.05) is 6.20 Å². The molecule has 6 nitrogen and oxygen atoms in total. The van der Waals surface area contributed by atoms with Crippen LogP contribution in [0.5, 0.6) is 0 Å². The molecule has 18 heavy (non-hydrogen) atoms. The highest BCUT2D eigenvalue weighted by atomic mass is 19.1. The number of methoxy groups -OCH3 is 1. The predicted octanol–water partition coefficient (Wildman–Crippen LogP) is -0.00940. The number of halogens is 1. The molecular formula is C11H12FNO5. The molecule has 1 rings (SSSR count). The molecule has 0 amide bonds. The fourth-order valence-electron chi connectivity index (χ4n) is 1.41. The maximum absolute atomic E-state index is 13.2. The second-order valence-corrected chi connectivity index (χ2v) is 3.51. The summed E-state index contributed by atoms with van der Waals surface area (Å²) in [5.41, 5.74) is -0.581. The number of carbonyl (C=O) groups is 2. The van der Waals surface area contributed by atoms with Crippen molar-refractivity contribution in [3.8, 4) is 0 Å². The molecule has 1 aromatic rings. The molecule has 0 spiro atoms. The van der Waals surface area contributed by atoms with E-state index in [2.05, 4.69) is 9.72 Å². The first-order valence-electron chi connectivity index (χ1n) is 5.03. The summed E-state index contributed by atoms with van der Waals surface area (Å²) >= 11 is 0. The number of carbonyl (C=O) groups excluding carboxylic acids is 2. The van der Waals surface area contributed by atoms with Crippen LogP contribution in [-0.4, -0.2) is 40.7 Å². The SMILES string of the molecule is COC(=O)CC(O)C(O)c1ccnc(F)c1C=O. The lowest BCUT2D eigenvalue weighted by Gasteiger charge is -2.18. The second kappa shape index (κ2) is 6.18. The zero-order chi connectivity index (χ0) is 13.7. The smallest absolute Gasteiger partial charge is 0.308 e. The first kappa shape index (κ1) is 14.2. The average molecular weight is 257 g/mol. The summed E-state index contributed by atoms with van der Waals surface area (Å²) in [6, 6.07) is 1.19. The summed E-state index contributed by atoms with van der Waals surface area (Å²) in [4.78, 5) is 24.9. The lowest BCUT2D eigenvalue weighted by atomic mass is 9.99. The zero-order valence-corrected chi connectivity index (χ0v) is 9.54. The van der Waals surface area contributed by atoms with E-state index in [1.807, 2.05) is 0 Å². The number of aldehydes is 1. The summed E-state index contributed by atoms with van der Waals surface area (Å²) in [5, 5.41) is 19.3. The molecule has 0 fully saturated rings. The molecule has 2 atom stereocenters. The molecule has 2 unspecified atom stereocenters. The fraction of sp³-hybridized carbons (Fsp3) is 0.364. The molecule has 0 saturated heterocycles. The first-order chi connectivity index (χ1) is 8.51. The van der Waals surface area contributed by atoms with E-state index in [1.54, 1.807) is 0 Å². The molecule has 0 aromatic carbocycles. The van der Waals surface area contributed by atoms with Crippen molar-refractivity contribution in [2.75, 3.05) is 7.11 Å². The topological polar surface area (TPSA) is 96.7 Å². The minimum atomic E-state index is -1.58. The molecule has 98 valence electrons. The van der Waals surface area contributed by atoms with Gasteiger partial charge in [-0.3, -0.25) is 9.59 Å². The minimum Gasteiger partial charge on any atom is -0.469 e. The lowest BCUT2D eigenvalue weighted by molar-refractivity contribution is -0.144. The Labute approximate surface area is 102 Å². The van der Waals surface area contributed by atoms with Gasteiger partial charge in [-0.05, 0) is 11.6 Å². The summed E-state index contributed by atoms with van der Waals surface area (Å²) in [6.07, 6.45) is -2.32. The summed E-state index contributed by atoms with van der Waals surface area (Å²) in [5.74, 6) is -1.78. The second-order valence-electron chi connectivity index (χ2n) is 3.51. The number of aliphatic hydroxyl groups is 2.